The first-order valence-electron chi connectivity index (χ1n) is 3.53. The summed E-state index contributed by atoms with van der Waals surface area (Å²) in [7, 11) is 5.75. The summed E-state index contributed by atoms with van der Waals surface area (Å²) in [5.41, 5.74) is 0. The van der Waals surface area contributed by atoms with Gasteiger partial charge in [0.05, 0.1) is 21.1 Å². The summed E-state index contributed by atoms with van der Waals surface area (Å²) >= 11 is 17.3. The average molecular weight is 242 g/mol. The Kier molecular flexibility index (Phi) is 3.02. The van der Waals surface area contributed by atoms with Crippen molar-refractivity contribution in [2.24, 2.45) is 0 Å². The molecule has 1 heterocycles. The Morgan fingerprint density at radius 2 is 1.54 bits per heavy atom. The van der Waals surface area contributed by atoms with Crippen molar-refractivity contribution in [2.75, 3.05) is 21.1 Å². The maximum Gasteiger partial charge on any atom is 0.251 e. The lowest BCUT2D eigenvalue weighted by atomic mass is 10.5. The molecular weight excluding hydrogens is 232 g/mol. The molecule has 13 heavy (non-hydrogen) atoms. The Morgan fingerprint density at radius 3 is 2.00 bits per heavy atom. The van der Waals surface area contributed by atoms with E-state index in [0.717, 1.165) is 0 Å². The minimum atomic E-state index is 0.109. The predicted molar refractivity (Wildman–Crippen MR) is 56.6 cm³/mol. The molecule has 3 nitrogen and oxygen atoms in total. The van der Waals surface area contributed by atoms with E-state index < -0.39 is 0 Å². The Labute approximate surface area is 91.8 Å². The molecule has 0 radical (unpaired) electrons. The molecule has 1 rings (SSSR count). The number of halogens is 3. The summed E-state index contributed by atoms with van der Waals surface area (Å²) < 4.78 is 0.445. The highest BCUT2D eigenvalue weighted by Gasteiger charge is 2.22. The van der Waals surface area contributed by atoms with Gasteiger partial charge in [-0.05, 0) is 11.6 Å². The van der Waals surface area contributed by atoms with Crippen LogP contribution in [0.3, 0.4) is 0 Å². The zero-order chi connectivity index (χ0) is 10.2. The average Bonchev–Trinajstić information content (AvgIpc) is 1.94. The zero-order valence-electron chi connectivity index (χ0n) is 7.48. The van der Waals surface area contributed by atoms with Crippen LogP contribution in [0.4, 0.5) is 5.82 Å². The molecule has 0 fully saturated rings. The maximum atomic E-state index is 5.92. The van der Waals surface area contributed by atoms with Gasteiger partial charge in [-0.3, -0.25) is 4.48 Å². The molecule has 1 aromatic heterocycles. The molecule has 0 aliphatic carbocycles. The Balaban J connectivity index is 3.37. The third-order valence-corrected chi connectivity index (χ3v) is 2.29. The highest BCUT2D eigenvalue weighted by molar-refractivity contribution is 6.43. The van der Waals surface area contributed by atoms with Crippen LogP contribution in [0.5, 0.6) is 0 Å². The van der Waals surface area contributed by atoms with Crippen LogP contribution in [-0.4, -0.2) is 31.1 Å². The van der Waals surface area contributed by atoms with E-state index in [2.05, 4.69) is 9.97 Å². The fourth-order valence-electron chi connectivity index (χ4n) is 0.828. The molecule has 1 aromatic rings. The fourth-order valence-corrected chi connectivity index (χ4v) is 1.54. The number of quaternary nitrogens is 1. The van der Waals surface area contributed by atoms with E-state index in [0.29, 0.717) is 15.3 Å². The quantitative estimate of drug-likeness (QED) is 0.429. The van der Waals surface area contributed by atoms with Gasteiger partial charge in [0.25, 0.3) is 5.82 Å². The van der Waals surface area contributed by atoms with Crippen molar-refractivity contribution in [3.05, 3.63) is 15.5 Å². The molecule has 0 saturated carbocycles. The van der Waals surface area contributed by atoms with Crippen LogP contribution in [0.1, 0.15) is 0 Å². The molecule has 0 atom stereocenters. The SMILES string of the molecule is C[N+](C)(C)c1nc(Cl)nc(Cl)c1Cl. The lowest BCUT2D eigenvalue weighted by Gasteiger charge is -2.22. The molecule has 0 N–H and O–H groups in total. The second kappa shape index (κ2) is 3.58. The van der Waals surface area contributed by atoms with Gasteiger partial charge in [-0.15, -0.1) is 0 Å². The normalized spacial score (nSPS) is 11.8. The molecular formula is C7H9Cl3N3+. The first kappa shape index (κ1) is 11.0. The van der Waals surface area contributed by atoms with Gasteiger partial charge in [0.15, 0.2) is 10.2 Å². The molecule has 0 aromatic carbocycles. The van der Waals surface area contributed by atoms with Crippen LogP contribution in [0.2, 0.25) is 15.5 Å². The second-order valence-electron chi connectivity index (χ2n) is 3.43. The molecule has 0 aliphatic heterocycles. The highest BCUT2D eigenvalue weighted by atomic mass is 35.5. The topological polar surface area (TPSA) is 25.8 Å². The molecule has 0 saturated heterocycles. The summed E-state index contributed by atoms with van der Waals surface area (Å²) in [6, 6.07) is 0. The predicted octanol–water partition coefficient (Wildman–Crippen LogP) is 2.63. The highest BCUT2D eigenvalue weighted by Crippen LogP contribution is 2.31. The molecule has 0 bridgehead atoms. The van der Waals surface area contributed by atoms with Crippen LogP contribution in [0.25, 0.3) is 0 Å². The van der Waals surface area contributed by atoms with Crippen molar-refractivity contribution in [2.45, 2.75) is 0 Å². The van der Waals surface area contributed by atoms with Gasteiger partial charge in [-0.2, -0.15) is 4.98 Å². The summed E-state index contributed by atoms with van der Waals surface area (Å²) in [6.07, 6.45) is 0. The minimum Gasteiger partial charge on any atom is -0.280 e. The van der Waals surface area contributed by atoms with Crippen molar-refractivity contribution in [1.82, 2.24) is 14.5 Å². The van der Waals surface area contributed by atoms with E-state index in [-0.39, 0.29) is 10.4 Å². The van der Waals surface area contributed by atoms with Crippen molar-refractivity contribution in [1.29, 1.82) is 0 Å². The summed E-state index contributed by atoms with van der Waals surface area (Å²) in [6.45, 7) is 0. The van der Waals surface area contributed by atoms with Gasteiger partial charge in [0.1, 0.15) is 0 Å². The standard InChI is InChI=1S/C7H9Cl3N3/c1-13(2,3)6-4(8)5(9)11-7(10)12-6/h1-3H3/q+1. The number of hydrogen-bond donors (Lipinski definition) is 0. The maximum absolute atomic E-state index is 5.92. The molecule has 0 aliphatic rings. The molecule has 72 valence electrons. The van der Waals surface area contributed by atoms with E-state index in [1.807, 2.05) is 21.1 Å². The number of nitrogens with zero attached hydrogens (tertiary/aromatic N) is 3. The lowest BCUT2D eigenvalue weighted by Crippen LogP contribution is -2.36. The smallest absolute Gasteiger partial charge is 0.251 e. The van der Waals surface area contributed by atoms with Crippen LogP contribution in [0.15, 0.2) is 0 Å². The third kappa shape index (κ3) is 2.44. The molecule has 0 spiro atoms. The van der Waals surface area contributed by atoms with Gasteiger partial charge in [-0.25, -0.2) is 4.98 Å². The van der Waals surface area contributed by atoms with Crippen molar-refractivity contribution in [3.63, 3.8) is 0 Å². The summed E-state index contributed by atoms with van der Waals surface area (Å²) in [5, 5.41) is 0.640. The monoisotopic (exact) mass is 240 g/mol. The second-order valence-corrected chi connectivity index (χ2v) is 4.51. The first-order chi connectivity index (χ1) is 5.82. The van der Waals surface area contributed by atoms with E-state index >= 15 is 0 Å². The van der Waals surface area contributed by atoms with Crippen LogP contribution in [-0.2, 0) is 0 Å². The van der Waals surface area contributed by atoms with Crippen LogP contribution in [0, 0.1) is 0 Å². The number of rotatable bonds is 1. The Hall–Kier alpha value is -0.0900. The van der Waals surface area contributed by atoms with Gasteiger partial charge in [0, 0.05) is 0 Å². The van der Waals surface area contributed by atoms with Gasteiger partial charge >= 0.3 is 0 Å². The number of hydrogen-bond acceptors (Lipinski definition) is 2. The van der Waals surface area contributed by atoms with E-state index in [4.69, 9.17) is 34.8 Å². The van der Waals surface area contributed by atoms with E-state index in [1.165, 1.54) is 0 Å². The van der Waals surface area contributed by atoms with Crippen LogP contribution >= 0.6 is 34.8 Å². The Bertz CT molecular complexity index is 332. The molecule has 0 amide bonds. The Morgan fingerprint density at radius 1 is 1.00 bits per heavy atom. The van der Waals surface area contributed by atoms with Crippen molar-refractivity contribution < 1.29 is 0 Å². The van der Waals surface area contributed by atoms with E-state index in [9.17, 15) is 0 Å². The van der Waals surface area contributed by atoms with Gasteiger partial charge < -0.3 is 0 Å². The minimum absolute atomic E-state index is 0.109. The molecule has 0 unspecified atom stereocenters. The van der Waals surface area contributed by atoms with E-state index in [1.54, 1.807) is 0 Å². The summed E-state index contributed by atoms with van der Waals surface area (Å²) in [4.78, 5) is 7.74. The third-order valence-electron chi connectivity index (χ3n) is 1.40. The van der Waals surface area contributed by atoms with Gasteiger partial charge in [-0.1, -0.05) is 23.2 Å². The molecule has 6 heteroatoms. The largest absolute Gasteiger partial charge is 0.280 e. The lowest BCUT2D eigenvalue weighted by molar-refractivity contribution is 0.472. The fraction of sp³-hybridized carbons (Fsp3) is 0.429. The first-order valence-corrected chi connectivity index (χ1v) is 4.66. The van der Waals surface area contributed by atoms with Gasteiger partial charge in [0.2, 0.25) is 5.28 Å². The number of aromatic nitrogens is 2. The summed E-state index contributed by atoms with van der Waals surface area (Å²) in [5.74, 6) is 0.603. The van der Waals surface area contributed by atoms with Crippen LogP contribution < -0.4 is 4.48 Å². The zero-order valence-corrected chi connectivity index (χ0v) is 9.74. The van der Waals surface area contributed by atoms with Crippen molar-refractivity contribution in [3.8, 4) is 0 Å². The van der Waals surface area contributed by atoms with Crippen molar-refractivity contribution >= 4 is 40.6 Å².